The first-order valence-corrected chi connectivity index (χ1v) is 7.33. The maximum Gasteiger partial charge on any atom is 0.191 e. The lowest BCUT2D eigenvalue weighted by molar-refractivity contribution is 0.614. The SMILES string of the molecule is CCNC(=NCc1cccs1)NC1CCCC1.I. The van der Waals surface area contributed by atoms with Gasteiger partial charge in [-0.1, -0.05) is 18.9 Å². The lowest BCUT2D eigenvalue weighted by Gasteiger charge is -2.16. The van der Waals surface area contributed by atoms with Gasteiger partial charge < -0.3 is 10.6 Å². The van der Waals surface area contributed by atoms with Gasteiger partial charge in [-0.05, 0) is 31.2 Å². The molecule has 1 aromatic rings. The molecule has 2 rings (SSSR count). The number of nitrogens with one attached hydrogen (secondary N) is 2. The second kappa shape index (κ2) is 8.74. The minimum absolute atomic E-state index is 0. The van der Waals surface area contributed by atoms with Gasteiger partial charge in [-0.15, -0.1) is 35.3 Å². The number of rotatable bonds is 4. The summed E-state index contributed by atoms with van der Waals surface area (Å²) < 4.78 is 0. The summed E-state index contributed by atoms with van der Waals surface area (Å²) in [6.45, 7) is 3.81. The Morgan fingerprint density at radius 2 is 2.22 bits per heavy atom. The number of nitrogens with zero attached hydrogens (tertiary/aromatic N) is 1. The zero-order chi connectivity index (χ0) is 11.9. The summed E-state index contributed by atoms with van der Waals surface area (Å²) >= 11 is 1.76. The highest BCUT2D eigenvalue weighted by atomic mass is 127. The van der Waals surface area contributed by atoms with Crippen molar-refractivity contribution >= 4 is 41.3 Å². The van der Waals surface area contributed by atoms with Crippen molar-refractivity contribution < 1.29 is 0 Å². The normalized spacial score (nSPS) is 16.4. The minimum atomic E-state index is 0. The van der Waals surface area contributed by atoms with Crippen molar-refractivity contribution in [1.29, 1.82) is 0 Å². The highest BCUT2D eigenvalue weighted by Crippen LogP contribution is 2.17. The highest BCUT2D eigenvalue weighted by molar-refractivity contribution is 14.0. The third-order valence-electron chi connectivity index (χ3n) is 3.01. The van der Waals surface area contributed by atoms with Crippen molar-refractivity contribution in [1.82, 2.24) is 10.6 Å². The van der Waals surface area contributed by atoms with E-state index in [9.17, 15) is 0 Å². The molecule has 0 amide bonds. The predicted molar refractivity (Wildman–Crippen MR) is 89.9 cm³/mol. The van der Waals surface area contributed by atoms with E-state index in [0.717, 1.165) is 19.0 Å². The van der Waals surface area contributed by atoms with E-state index in [-0.39, 0.29) is 24.0 Å². The van der Waals surface area contributed by atoms with Crippen LogP contribution in [0.5, 0.6) is 0 Å². The lowest BCUT2D eigenvalue weighted by Crippen LogP contribution is -2.42. The van der Waals surface area contributed by atoms with Gasteiger partial charge >= 0.3 is 0 Å². The fourth-order valence-electron chi connectivity index (χ4n) is 2.14. The molecule has 0 radical (unpaired) electrons. The number of halogens is 1. The molecule has 3 nitrogen and oxygen atoms in total. The maximum atomic E-state index is 4.62. The molecule has 5 heteroatoms. The Morgan fingerprint density at radius 3 is 2.83 bits per heavy atom. The fraction of sp³-hybridized carbons (Fsp3) is 0.615. The number of hydrogen-bond donors (Lipinski definition) is 2. The number of hydrogen-bond acceptors (Lipinski definition) is 2. The van der Waals surface area contributed by atoms with Gasteiger partial charge in [-0.25, -0.2) is 4.99 Å². The first-order chi connectivity index (χ1) is 8.38. The standard InChI is InChI=1S/C13H21N3S.HI/c1-2-14-13(16-11-6-3-4-7-11)15-10-12-8-5-9-17-12;/h5,8-9,11H,2-4,6-7,10H2,1H3,(H2,14,15,16);1H. The van der Waals surface area contributed by atoms with Crippen molar-refractivity contribution in [2.75, 3.05) is 6.54 Å². The zero-order valence-electron chi connectivity index (χ0n) is 10.8. The average Bonchev–Trinajstić information content (AvgIpc) is 2.99. The number of thiophene rings is 1. The van der Waals surface area contributed by atoms with Gasteiger partial charge in [-0.2, -0.15) is 0 Å². The van der Waals surface area contributed by atoms with E-state index < -0.39 is 0 Å². The molecule has 1 heterocycles. The van der Waals surface area contributed by atoms with Crippen LogP contribution in [0.3, 0.4) is 0 Å². The van der Waals surface area contributed by atoms with Gasteiger partial charge in [0.25, 0.3) is 0 Å². The molecule has 0 spiro atoms. The summed E-state index contributed by atoms with van der Waals surface area (Å²) in [6.07, 6.45) is 5.26. The van der Waals surface area contributed by atoms with E-state index in [2.05, 4.69) is 40.1 Å². The van der Waals surface area contributed by atoms with Crippen molar-refractivity contribution in [2.24, 2.45) is 4.99 Å². The molecule has 0 unspecified atom stereocenters. The molecule has 1 aliphatic rings. The van der Waals surface area contributed by atoms with Crippen LogP contribution in [-0.2, 0) is 6.54 Å². The monoisotopic (exact) mass is 379 g/mol. The molecule has 1 aliphatic carbocycles. The van der Waals surface area contributed by atoms with Gasteiger partial charge in [0.05, 0.1) is 6.54 Å². The highest BCUT2D eigenvalue weighted by Gasteiger charge is 2.15. The smallest absolute Gasteiger partial charge is 0.191 e. The second-order valence-electron chi connectivity index (χ2n) is 4.40. The van der Waals surface area contributed by atoms with E-state index in [0.29, 0.717) is 6.04 Å². The molecule has 1 saturated carbocycles. The van der Waals surface area contributed by atoms with Crippen LogP contribution in [0.2, 0.25) is 0 Å². The van der Waals surface area contributed by atoms with Gasteiger partial charge in [0.1, 0.15) is 0 Å². The van der Waals surface area contributed by atoms with E-state index in [1.54, 1.807) is 11.3 Å². The molecule has 1 fully saturated rings. The van der Waals surface area contributed by atoms with Crippen LogP contribution in [0.4, 0.5) is 0 Å². The summed E-state index contributed by atoms with van der Waals surface area (Å²) in [6, 6.07) is 4.83. The Hall–Kier alpha value is -0.300. The number of guanidine groups is 1. The quantitative estimate of drug-likeness (QED) is 0.478. The Morgan fingerprint density at radius 1 is 1.44 bits per heavy atom. The maximum absolute atomic E-state index is 4.62. The van der Waals surface area contributed by atoms with Crippen LogP contribution in [0.15, 0.2) is 22.5 Å². The van der Waals surface area contributed by atoms with Crippen molar-refractivity contribution in [3.05, 3.63) is 22.4 Å². The van der Waals surface area contributed by atoms with Crippen LogP contribution in [-0.4, -0.2) is 18.5 Å². The summed E-state index contributed by atoms with van der Waals surface area (Å²) in [5, 5.41) is 8.94. The van der Waals surface area contributed by atoms with Crippen LogP contribution in [0.25, 0.3) is 0 Å². The van der Waals surface area contributed by atoms with Gasteiger partial charge in [0.15, 0.2) is 5.96 Å². The molecular weight excluding hydrogens is 357 g/mol. The van der Waals surface area contributed by atoms with Gasteiger partial charge in [0, 0.05) is 17.5 Å². The molecule has 0 saturated heterocycles. The molecule has 1 aromatic heterocycles. The van der Waals surface area contributed by atoms with E-state index in [4.69, 9.17) is 0 Å². The Labute approximate surface area is 130 Å². The third kappa shape index (κ3) is 5.14. The number of aliphatic imine (C=N–C) groups is 1. The molecule has 102 valence electrons. The fourth-order valence-corrected chi connectivity index (χ4v) is 2.77. The molecule has 0 aromatic carbocycles. The van der Waals surface area contributed by atoms with Crippen LogP contribution in [0.1, 0.15) is 37.5 Å². The molecule has 0 aliphatic heterocycles. The summed E-state index contributed by atoms with van der Waals surface area (Å²) in [5.41, 5.74) is 0. The van der Waals surface area contributed by atoms with Gasteiger partial charge in [-0.3, -0.25) is 0 Å². The van der Waals surface area contributed by atoms with E-state index in [1.165, 1.54) is 30.6 Å². The van der Waals surface area contributed by atoms with Crippen LogP contribution in [0, 0.1) is 0 Å². The molecular formula is C13H22IN3S. The first kappa shape index (κ1) is 15.8. The topological polar surface area (TPSA) is 36.4 Å². The lowest BCUT2D eigenvalue weighted by atomic mass is 10.2. The van der Waals surface area contributed by atoms with E-state index in [1.807, 2.05) is 0 Å². The van der Waals surface area contributed by atoms with Crippen molar-refractivity contribution in [2.45, 2.75) is 45.2 Å². The molecule has 2 N–H and O–H groups in total. The molecule has 18 heavy (non-hydrogen) atoms. The predicted octanol–water partition coefficient (Wildman–Crippen LogP) is 3.36. The van der Waals surface area contributed by atoms with Crippen molar-refractivity contribution in [3.8, 4) is 0 Å². The van der Waals surface area contributed by atoms with Gasteiger partial charge in [0.2, 0.25) is 0 Å². The molecule has 0 bridgehead atoms. The largest absolute Gasteiger partial charge is 0.357 e. The third-order valence-corrected chi connectivity index (χ3v) is 3.87. The summed E-state index contributed by atoms with van der Waals surface area (Å²) in [7, 11) is 0. The van der Waals surface area contributed by atoms with E-state index >= 15 is 0 Å². The summed E-state index contributed by atoms with van der Waals surface area (Å²) in [4.78, 5) is 5.94. The average molecular weight is 379 g/mol. The Balaban J connectivity index is 0.00000162. The zero-order valence-corrected chi connectivity index (χ0v) is 14.0. The van der Waals surface area contributed by atoms with Crippen molar-refractivity contribution in [3.63, 3.8) is 0 Å². The summed E-state index contributed by atoms with van der Waals surface area (Å²) in [5.74, 6) is 0.966. The molecule has 0 atom stereocenters. The second-order valence-corrected chi connectivity index (χ2v) is 5.43. The van der Waals surface area contributed by atoms with Crippen LogP contribution < -0.4 is 10.6 Å². The Bertz CT molecular complexity index is 345. The van der Waals surface area contributed by atoms with Crippen LogP contribution >= 0.6 is 35.3 Å². The Kier molecular flexibility index (Phi) is 7.65. The minimum Gasteiger partial charge on any atom is -0.357 e. The first-order valence-electron chi connectivity index (χ1n) is 6.45.